The van der Waals surface area contributed by atoms with Crippen LogP contribution in [0.25, 0.3) is 0 Å². The summed E-state index contributed by atoms with van der Waals surface area (Å²) in [7, 11) is 1.83. The van der Waals surface area contributed by atoms with E-state index < -0.39 is 5.97 Å². The predicted octanol–water partition coefficient (Wildman–Crippen LogP) is 0.746. The Morgan fingerprint density at radius 3 is 2.83 bits per heavy atom. The Morgan fingerprint density at radius 2 is 2.42 bits per heavy atom. The Kier molecular flexibility index (Phi) is 2.47. The highest BCUT2D eigenvalue weighted by molar-refractivity contribution is 5.67. The third kappa shape index (κ3) is 2.08. The van der Waals surface area contributed by atoms with Crippen molar-refractivity contribution in [1.82, 2.24) is 9.78 Å². The second-order valence-corrected chi connectivity index (χ2v) is 2.83. The first kappa shape index (κ1) is 8.77. The molecule has 0 fully saturated rings. The lowest BCUT2D eigenvalue weighted by Crippen LogP contribution is -1.99. The summed E-state index contributed by atoms with van der Waals surface area (Å²) < 4.78 is 1.70. The number of nitrogens with zero attached hydrogens (tertiary/aromatic N) is 2. The molecule has 0 amide bonds. The fraction of sp³-hybridized carbons (Fsp3) is 0.500. The van der Waals surface area contributed by atoms with E-state index in [1.165, 1.54) is 0 Å². The Bertz CT molecular complexity index is 291. The molecule has 0 saturated carbocycles. The third-order valence-electron chi connectivity index (χ3n) is 1.69. The molecular weight excluding hydrogens is 156 g/mol. The molecule has 0 unspecified atom stereocenters. The Labute approximate surface area is 70.8 Å². The number of aromatic nitrogens is 2. The highest BCUT2D eigenvalue weighted by Gasteiger charge is 2.05. The van der Waals surface area contributed by atoms with Crippen LogP contribution in [0.1, 0.15) is 17.7 Å². The largest absolute Gasteiger partial charge is 0.481 e. The van der Waals surface area contributed by atoms with E-state index in [9.17, 15) is 4.79 Å². The van der Waals surface area contributed by atoms with Gasteiger partial charge in [-0.2, -0.15) is 5.10 Å². The standard InChI is InChI=1S/C8H12N2O2/c1-6-5-10(2)9-7(6)3-4-8(11)12/h5H,3-4H2,1-2H3,(H,11,12). The number of carboxylic acid groups (broad SMARTS) is 1. The number of hydrogen-bond acceptors (Lipinski definition) is 2. The predicted molar refractivity (Wildman–Crippen MR) is 43.9 cm³/mol. The molecule has 0 aliphatic heterocycles. The summed E-state index contributed by atoms with van der Waals surface area (Å²) in [5.41, 5.74) is 1.93. The van der Waals surface area contributed by atoms with E-state index in [4.69, 9.17) is 5.11 Å². The lowest BCUT2D eigenvalue weighted by molar-refractivity contribution is -0.136. The van der Waals surface area contributed by atoms with E-state index in [1.54, 1.807) is 4.68 Å². The molecule has 1 heterocycles. The second kappa shape index (κ2) is 3.38. The van der Waals surface area contributed by atoms with Crippen LogP contribution in [0, 0.1) is 6.92 Å². The van der Waals surface area contributed by atoms with Crippen molar-refractivity contribution in [2.75, 3.05) is 0 Å². The first-order valence-electron chi connectivity index (χ1n) is 3.80. The number of carbonyl (C=O) groups is 1. The topological polar surface area (TPSA) is 55.1 Å². The van der Waals surface area contributed by atoms with Gasteiger partial charge in [0.1, 0.15) is 0 Å². The maximum absolute atomic E-state index is 10.3. The van der Waals surface area contributed by atoms with Gasteiger partial charge in [0.2, 0.25) is 0 Å². The van der Waals surface area contributed by atoms with Crippen molar-refractivity contribution in [2.45, 2.75) is 19.8 Å². The molecule has 66 valence electrons. The van der Waals surface area contributed by atoms with Crippen molar-refractivity contribution in [1.29, 1.82) is 0 Å². The molecule has 4 heteroatoms. The second-order valence-electron chi connectivity index (χ2n) is 2.83. The van der Waals surface area contributed by atoms with E-state index in [0.29, 0.717) is 6.42 Å². The van der Waals surface area contributed by atoms with Crippen LogP contribution < -0.4 is 0 Å². The molecule has 0 saturated heterocycles. The number of rotatable bonds is 3. The fourth-order valence-electron chi connectivity index (χ4n) is 1.13. The molecule has 0 aliphatic rings. The quantitative estimate of drug-likeness (QED) is 0.724. The maximum atomic E-state index is 10.3. The van der Waals surface area contributed by atoms with Gasteiger partial charge in [-0.3, -0.25) is 9.48 Å². The highest BCUT2D eigenvalue weighted by atomic mass is 16.4. The van der Waals surface area contributed by atoms with E-state index in [0.717, 1.165) is 11.3 Å². The van der Waals surface area contributed by atoms with E-state index >= 15 is 0 Å². The summed E-state index contributed by atoms with van der Waals surface area (Å²) in [6.45, 7) is 1.93. The van der Waals surface area contributed by atoms with Crippen LogP contribution in [0.4, 0.5) is 0 Å². The number of hydrogen-bond donors (Lipinski definition) is 1. The smallest absolute Gasteiger partial charge is 0.303 e. The summed E-state index contributed by atoms with van der Waals surface area (Å²) in [5.74, 6) is -0.778. The van der Waals surface area contributed by atoms with Gasteiger partial charge in [0.25, 0.3) is 0 Å². The molecule has 0 aromatic carbocycles. The van der Waals surface area contributed by atoms with Crippen molar-refractivity contribution in [2.24, 2.45) is 7.05 Å². The van der Waals surface area contributed by atoms with Crippen LogP contribution in [0.3, 0.4) is 0 Å². The van der Waals surface area contributed by atoms with Gasteiger partial charge >= 0.3 is 5.97 Å². The highest BCUT2D eigenvalue weighted by Crippen LogP contribution is 2.06. The van der Waals surface area contributed by atoms with Crippen LogP contribution in [0.5, 0.6) is 0 Å². The van der Waals surface area contributed by atoms with Gasteiger partial charge in [-0.05, 0) is 12.5 Å². The van der Waals surface area contributed by atoms with Gasteiger partial charge in [-0.1, -0.05) is 0 Å². The zero-order valence-electron chi connectivity index (χ0n) is 7.24. The maximum Gasteiger partial charge on any atom is 0.303 e. The van der Waals surface area contributed by atoms with Gasteiger partial charge < -0.3 is 5.11 Å². The number of aryl methyl sites for hydroxylation is 3. The zero-order valence-corrected chi connectivity index (χ0v) is 7.24. The first-order valence-corrected chi connectivity index (χ1v) is 3.80. The summed E-state index contributed by atoms with van der Waals surface area (Å²) in [4.78, 5) is 10.3. The Hall–Kier alpha value is -1.32. The molecule has 0 aliphatic carbocycles. The van der Waals surface area contributed by atoms with Gasteiger partial charge in [0.15, 0.2) is 0 Å². The first-order chi connectivity index (χ1) is 5.59. The Balaban J connectivity index is 2.62. The minimum absolute atomic E-state index is 0.151. The summed E-state index contributed by atoms with van der Waals surface area (Å²) >= 11 is 0. The molecule has 0 radical (unpaired) electrons. The molecule has 0 spiro atoms. The third-order valence-corrected chi connectivity index (χ3v) is 1.69. The molecule has 12 heavy (non-hydrogen) atoms. The monoisotopic (exact) mass is 168 g/mol. The number of aliphatic carboxylic acids is 1. The fourth-order valence-corrected chi connectivity index (χ4v) is 1.13. The molecule has 4 nitrogen and oxygen atoms in total. The molecule has 1 aromatic heterocycles. The minimum atomic E-state index is -0.778. The van der Waals surface area contributed by atoms with Gasteiger partial charge in [0.05, 0.1) is 12.1 Å². The summed E-state index contributed by atoms with van der Waals surface area (Å²) in [6.07, 6.45) is 2.55. The molecule has 0 atom stereocenters. The van der Waals surface area contributed by atoms with Crippen molar-refractivity contribution in [3.8, 4) is 0 Å². The molecule has 0 bridgehead atoms. The van der Waals surface area contributed by atoms with Crippen molar-refractivity contribution < 1.29 is 9.90 Å². The van der Waals surface area contributed by atoms with E-state index in [1.807, 2.05) is 20.2 Å². The average Bonchev–Trinajstić information content (AvgIpc) is 2.26. The SMILES string of the molecule is Cc1cn(C)nc1CCC(=O)O. The normalized spacial score (nSPS) is 10.2. The lowest BCUT2D eigenvalue weighted by atomic mass is 10.2. The van der Waals surface area contributed by atoms with Crippen LogP contribution in [0.2, 0.25) is 0 Å². The van der Waals surface area contributed by atoms with Crippen LogP contribution in [-0.4, -0.2) is 20.9 Å². The van der Waals surface area contributed by atoms with Gasteiger partial charge in [0, 0.05) is 19.7 Å². The summed E-state index contributed by atoms with van der Waals surface area (Å²) in [6, 6.07) is 0. The average molecular weight is 168 g/mol. The summed E-state index contributed by atoms with van der Waals surface area (Å²) in [5, 5.41) is 12.6. The Morgan fingerprint density at radius 1 is 1.75 bits per heavy atom. The van der Waals surface area contributed by atoms with E-state index in [-0.39, 0.29) is 6.42 Å². The van der Waals surface area contributed by atoms with Crippen LogP contribution >= 0.6 is 0 Å². The van der Waals surface area contributed by atoms with Crippen LogP contribution in [-0.2, 0) is 18.3 Å². The van der Waals surface area contributed by atoms with Crippen molar-refractivity contribution in [3.63, 3.8) is 0 Å². The van der Waals surface area contributed by atoms with Gasteiger partial charge in [-0.25, -0.2) is 0 Å². The zero-order chi connectivity index (χ0) is 9.14. The van der Waals surface area contributed by atoms with Crippen LogP contribution in [0.15, 0.2) is 6.20 Å². The van der Waals surface area contributed by atoms with Crippen molar-refractivity contribution in [3.05, 3.63) is 17.5 Å². The van der Waals surface area contributed by atoms with Gasteiger partial charge in [-0.15, -0.1) is 0 Å². The molecular formula is C8H12N2O2. The van der Waals surface area contributed by atoms with E-state index in [2.05, 4.69) is 5.10 Å². The molecule has 1 aromatic rings. The number of carboxylic acids is 1. The minimum Gasteiger partial charge on any atom is -0.481 e. The molecule has 1 N–H and O–H groups in total. The van der Waals surface area contributed by atoms with Crippen molar-refractivity contribution >= 4 is 5.97 Å². The lowest BCUT2D eigenvalue weighted by Gasteiger charge is -1.93. The molecule has 1 rings (SSSR count).